The Labute approximate surface area is 117 Å². The summed E-state index contributed by atoms with van der Waals surface area (Å²) in [4.78, 5) is 2.33. The van der Waals surface area contributed by atoms with Crippen LogP contribution in [0.25, 0.3) is 0 Å². The maximum absolute atomic E-state index is 5.77. The molecule has 0 aliphatic heterocycles. The van der Waals surface area contributed by atoms with Crippen molar-refractivity contribution in [3.05, 3.63) is 28.8 Å². The normalized spacial score (nSPS) is 12.8. The van der Waals surface area contributed by atoms with Crippen LogP contribution in [0.5, 0.6) is 5.75 Å². The van der Waals surface area contributed by atoms with Gasteiger partial charge in [-0.2, -0.15) is 0 Å². The highest BCUT2D eigenvalue weighted by molar-refractivity contribution is 5.41. The number of aryl methyl sites for hydroxylation is 2. The molecule has 19 heavy (non-hydrogen) atoms. The van der Waals surface area contributed by atoms with Crippen molar-refractivity contribution in [1.29, 1.82) is 0 Å². The molecule has 1 rings (SSSR count). The number of rotatable bonds is 7. The van der Waals surface area contributed by atoms with Gasteiger partial charge < -0.3 is 15.4 Å². The fourth-order valence-electron chi connectivity index (χ4n) is 2.22. The van der Waals surface area contributed by atoms with Gasteiger partial charge in [-0.05, 0) is 64.4 Å². The van der Waals surface area contributed by atoms with Gasteiger partial charge in [0, 0.05) is 18.2 Å². The van der Waals surface area contributed by atoms with Gasteiger partial charge in [-0.25, -0.2) is 0 Å². The zero-order valence-electron chi connectivity index (χ0n) is 13.0. The minimum atomic E-state index is 0.296. The molecule has 1 aromatic carbocycles. The molecule has 0 aliphatic rings. The van der Waals surface area contributed by atoms with Crippen LogP contribution in [-0.4, -0.2) is 31.6 Å². The van der Waals surface area contributed by atoms with E-state index in [0.29, 0.717) is 6.04 Å². The van der Waals surface area contributed by atoms with Gasteiger partial charge in [-0.3, -0.25) is 0 Å². The summed E-state index contributed by atoms with van der Waals surface area (Å²) in [7, 11) is 3.89. The maximum atomic E-state index is 5.77. The van der Waals surface area contributed by atoms with Crippen molar-refractivity contribution in [1.82, 2.24) is 4.90 Å². The maximum Gasteiger partial charge on any atom is 0.123 e. The highest BCUT2D eigenvalue weighted by Crippen LogP contribution is 2.24. The number of hydrogen-bond acceptors (Lipinski definition) is 3. The second-order valence-corrected chi connectivity index (χ2v) is 5.61. The van der Waals surface area contributed by atoms with E-state index >= 15 is 0 Å². The molecule has 0 aromatic heterocycles. The highest BCUT2D eigenvalue weighted by atomic mass is 16.5. The van der Waals surface area contributed by atoms with Gasteiger partial charge in [0.2, 0.25) is 0 Å². The van der Waals surface area contributed by atoms with Crippen molar-refractivity contribution >= 4 is 0 Å². The zero-order chi connectivity index (χ0) is 14.4. The first-order valence-corrected chi connectivity index (χ1v) is 7.02. The highest BCUT2D eigenvalue weighted by Gasteiger charge is 2.08. The molecule has 1 atom stereocenters. The van der Waals surface area contributed by atoms with E-state index in [4.69, 9.17) is 10.5 Å². The lowest BCUT2D eigenvalue weighted by Crippen LogP contribution is -2.22. The molecule has 0 aliphatic carbocycles. The van der Waals surface area contributed by atoms with Gasteiger partial charge >= 0.3 is 0 Å². The lowest BCUT2D eigenvalue weighted by molar-refractivity contribution is 0.307. The van der Waals surface area contributed by atoms with Crippen molar-refractivity contribution in [3.8, 4) is 5.75 Å². The summed E-state index contributed by atoms with van der Waals surface area (Å²) in [5.74, 6) is 0.988. The number of hydrogen-bond donors (Lipinski definition) is 1. The summed E-state index contributed by atoms with van der Waals surface area (Å²) < 4.78 is 5.48. The summed E-state index contributed by atoms with van der Waals surface area (Å²) in [6.07, 6.45) is 2.22. The van der Waals surface area contributed by atoms with E-state index in [1.54, 1.807) is 7.11 Å². The number of nitrogens with two attached hydrogens (primary N) is 1. The molecule has 3 nitrogen and oxygen atoms in total. The largest absolute Gasteiger partial charge is 0.496 e. The molecule has 2 N–H and O–H groups in total. The minimum absolute atomic E-state index is 0.296. The first kappa shape index (κ1) is 16.0. The van der Waals surface area contributed by atoms with Gasteiger partial charge in [0.25, 0.3) is 0 Å². The lowest BCUT2D eigenvalue weighted by Gasteiger charge is -2.20. The summed E-state index contributed by atoms with van der Waals surface area (Å²) in [6, 6.07) is 4.65. The van der Waals surface area contributed by atoms with Crippen molar-refractivity contribution in [2.75, 3.05) is 20.7 Å². The Morgan fingerprint density at radius 3 is 2.47 bits per heavy atom. The molecule has 0 saturated carbocycles. The van der Waals surface area contributed by atoms with Crippen molar-refractivity contribution in [3.63, 3.8) is 0 Å². The Hall–Kier alpha value is -1.06. The fourth-order valence-corrected chi connectivity index (χ4v) is 2.22. The van der Waals surface area contributed by atoms with E-state index in [0.717, 1.165) is 31.7 Å². The Morgan fingerprint density at radius 2 is 1.89 bits per heavy atom. The van der Waals surface area contributed by atoms with Crippen LogP contribution in [0.4, 0.5) is 0 Å². The molecule has 3 heteroatoms. The monoisotopic (exact) mass is 264 g/mol. The third kappa shape index (κ3) is 5.21. The van der Waals surface area contributed by atoms with E-state index in [1.165, 1.54) is 16.7 Å². The summed E-state index contributed by atoms with van der Waals surface area (Å²) in [5, 5.41) is 0. The molecular formula is C16H28N2O. The topological polar surface area (TPSA) is 38.5 Å². The SMILES string of the molecule is COc1cc(C)c(C)cc1CN(C)CCCC(C)N. The van der Waals surface area contributed by atoms with E-state index in [2.05, 4.69) is 44.9 Å². The average molecular weight is 264 g/mol. The molecule has 0 bridgehead atoms. The van der Waals surface area contributed by atoms with Crippen LogP contribution >= 0.6 is 0 Å². The Balaban J connectivity index is 2.62. The predicted molar refractivity (Wildman–Crippen MR) is 81.7 cm³/mol. The van der Waals surface area contributed by atoms with Gasteiger partial charge in [0.1, 0.15) is 5.75 Å². The van der Waals surface area contributed by atoms with Gasteiger partial charge in [0.05, 0.1) is 7.11 Å². The van der Waals surface area contributed by atoms with E-state index in [1.807, 2.05) is 0 Å². The first-order chi connectivity index (χ1) is 8.93. The Kier molecular flexibility index (Phi) is 6.32. The van der Waals surface area contributed by atoms with Crippen LogP contribution in [0.3, 0.4) is 0 Å². The third-order valence-electron chi connectivity index (χ3n) is 3.54. The van der Waals surface area contributed by atoms with E-state index in [-0.39, 0.29) is 0 Å². The second-order valence-electron chi connectivity index (χ2n) is 5.61. The first-order valence-electron chi connectivity index (χ1n) is 7.02. The average Bonchev–Trinajstić information content (AvgIpc) is 2.33. The van der Waals surface area contributed by atoms with Crippen LogP contribution < -0.4 is 10.5 Å². The quantitative estimate of drug-likeness (QED) is 0.823. The van der Waals surface area contributed by atoms with Gasteiger partial charge in [-0.15, -0.1) is 0 Å². The standard InChI is InChI=1S/C16H28N2O/c1-12-9-15(16(19-5)10-13(12)2)11-18(4)8-6-7-14(3)17/h9-10,14H,6-8,11,17H2,1-5H3. The number of ether oxygens (including phenoxy) is 1. The van der Waals surface area contributed by atoms with E-state index < -0.39 is 0 Å². The smallest absolute Gasteiger partial charge is 0.123 e. The minimum Gasteiger partial charge on any atom is -0.496 e. The Morgan fingerprint density at radius 1 is 1.26 bits per heavy atom. The van der Waals surface area contributed by atoms with Crippen LogP contribution in [-0.2, 0) is 6.54 Å². The van der Waals surface area contributed by atoms with Crippen LogP contribution in [0, 0.1) is 13.8 Å². The number of benzene rings is 1. The predicted octanol–water partition coefficient (Wildman–Crippen LogP) is 2.87. The molecule has 0 radical (unpaired) electrons. The summed E-state index contributed by atoms with van der Waals surface area (Å²) in [5.41, 5.74) is 9.63. The molecule has 0 amide bonds. The molecule has 108 valence electrons. The lowest BCUT2D eigenvalue weighted by atomic mass is 10.0. The van der Waals surface area contributed by atoms with Gasteiger partial charge in [0.15, 0.2) is 0 Å². The number of nitrogens with zero attached hydrogens (tertiary/aromatic N) is 1. The van der Waals surface area contributed by atoms with Crippen molar-refractivity contribution in [2.24, 2.45) is 5.73 Å². The zero-order valence-corrected chi connectivity index (χ0v) is 13.0. The molecule has 1 aromatic rings. The van der Waals surface area contributed by atoms with Crippen LogP contribution in [0.1, 0.15) is 36.5 Å². The molecular weight excluding hydrogens is 236 g/mol. The molecule has 1 unspecified atom stereocenters. The molecule has 0 saturated heterocycles. The molecule has 0 spiro atoms. The van der Waals surface area contributed by atoms with Gasteiger partial charge in [-0.1, -0.05) is 6.07 Å². The molecule has 0 fully saturated rings. The molecule has 0 heterocycles. The van der Waals surface area contributed by atoms with Crippen molar-refractivity contribution in [2.45, 2.75) is 46.2 Å². The van der Waals surface area contributed by atoms with Crippen LogP contribution in [0.15, 0.2) is 12.1 Å². The summed E-state index contributed by atoms with van der Waals surface area (Å²) in [6.45, 7) is 8.32. The second kappa shape index (κ2) is 7.51. The fraction of sp³-hybridized carbons (Fsp3) is 0.625. The Bertz CT molecular complexity index is 402. The third-order valence-corrected chi connectivity index (χ3v) is 3.54. The van der Waals surface area contributed by atoms with E-state index in [9.17, 15) is 0 Å². The number of methoxy groups -OCH3 is 1. The van der Waals surface area contributed by atoms with Crippen LogP contribution in [0.2, 0.25) is 0 Å². The summed E-state index contributed by atoms with van der Waals surface area (Å²) >= 11 is 0. The van der Waals surface area contributed by atoms with Crippen molar-refractivity contribution < 1.29 is 4.74 Å².